The summed E-state index contributed by atoms with van der Waals surface area (Å²) in [6.45, 7) is 5.28. The van der Waals surface area contributed by atoms with Crippen molar-refractivity contribution in [1.29, 1.82) is 0 Å². The van der Waals surface area contributed by atoms with Crippen molar-refractivity contribution >= 4 is 27.1 Å². The number of nitrogens with one attached hydrogen (secondary N) is 1. The maximum absolute atomic E-state index is 15.9. The van der Waals surface area contributed by atoms with E-state index in [1.807, 2.05) is 13.8 Å². The number of rotatable bonds is 4. The molecule has 1 amide bonds. The third-order valence-corrected chi connectivity index (χ3v) is 9.15. The van der Waals surface area contributed by atoms with E-state index in [1.165, 1.54) is 35.2 Å². The summed E-state index contributed by atoms with van der Waals surface area (Å²) in [6, 6.07) is 12.0. The lowest BCUT2D eigenvalue weighted by Crippen LogP contribution is -2.41. The van der Waals surface area contributed by atoms with Crippen LogP contribution in [0.5, 0.6) is 11.5 Å². The number of aromatic hydroxyl groups is 1. The highest BCUT2D eigenvalue weighted by molar-refractivity contribution is 7.95. The molecule has 10 heteroatoms. The average Bonchev–Trinajstić information content (AvgIpc) is 3.01. The van der Waals surface area contributed by atoms with E-state index in [4.69, 9.17) is 11.2 Å². The predicted molar refractivity (Wildman–Crippen MR) is 150 cm³/mol. The number of pyridine rings is 1. The van der Waals surface area contributed by atoms with E-state index >= 15 is 4.39 Å². The van der Waals surface area contributed by atoms with E-state index in [1.54, 1.807) is 25.1 Å². The number of aryl methyl sites for hydroxylation is 1. The zero-order chi connectivity index (χ0) is 28.8. The average molecular weight is 562 g/mol. The minimum atomic E-state index is -4.04. The van der Waals surface area contributed by atoms with Crippen LogP contribution in [0.4, 0.5) is 15.8 Å². The number of fused-ring (bicyclic) bond motifs is 1. The number of hydrogen-bond acceptors (Lipinski definition) is 7. The Morgan fingerprint density at radius 1 is 1.25 bits per heavy atom. The Hall–Kier alpha value is -4.36. The van der Waals surface area contributed by atoms with E-state index in [9.17, 15) is 18.3 Å². The molecular formula is C30H28FN3O5S. The number of terminal acetylenes is 1. The molecule has 206 valence electrons. The first kappa shape index (κ1) is 27.2. The van der Waals surface area contributed by atoms with Crippen LogP contribution < -0.4 is 15.0 Å². The number of para-hydroxylation sites is 1. The molecule has 1 aromatic heterocycles. The maximum Gasteiger partial charge on any atom is 0.277 e. The van der Waals surface area contributed by atoms with Crippen molar-refractivity contribution in [2.75, 3.05) is 22.6 Å². The van der Waals surface area contributed by atoms with Gasteiger partial charge >= 0.3 is 0 Å². The Morgan fingerprint density at radius 2 is 2.00 bits per heavy atom. The molecule has 2 N–H and O–H groups in total. The van der Waals surface area contributed by atoms with Gasteiger partial charge in [0, 0.05) is 23.0 Å². The number of ether oxygens (including phenoxy) is 1. The second kappa shape index (κ2) is 9.99. The third-order valence-electron chi connectivity index (χ3n) is 6.85. The highest BCUT2D eigenvalue weighted by Crippen LogP contribution is 2.52. The number of allylic oxidation sites excluding steroid dienone is 1. The first-order valence-corrected chi connectivity index (χ1v) is 14.2. The van der Waals surface area contributed by atoms with E-state index in [2.05, 4.69) is 16.2 Å². The molecule has 0 saturated heterocycles. The molecule has 40 heavy (non-hydrogen) atoms. The number of phenols is 1. The Kier molecular flexibility index (Phi) is 6.80. The van der Waals surface area contributed by atoms with Crippen LogP contribution in [0.1, 0.15) is 48.1 Å². The largest absolute Gasteiger partial charge is 0.506 e. The van der Waals surface area contributed by atoms with Crippen LogP contribution in [-0.4, -0.2) is 36.8 Å². The molecule has 3 aromatic rings. The van der Waals surface area contributed by atoms with Crippen molar-refractivity contribution in [1.82, 2.24) is 4.98 Å². The minimum absolute atomic E-state index is 0.0336. The zero-order valence-corrected chi connectivity index (χ0v) is 23.0. The second-order valence-electron chi connectivity index (χ2n) is 10.7. The quantitative estimate of drug-likeness (QED) is 0.336. The minimum Gasteiger partial charge on any atom is -0.506 e. The number of phenolic OH excluding ortho intramolecular Hbond substituents is 1. The lowest BCUT2D eigenvalue weighted by molar-refractivity contribution is 0.0975. The number of aromatic nitrogens is 1. The highest BCUT2D eigenvalue weighted by atomic mass is 32.2. The Bertz CT molecular complexity index is 1710. The van der Waals surface area contributed by atoms with Crippen molar-refractivity contribution in [3.05, 3.63) is 88.0 Å². The van der Waals surface area contributed by atoms with Gasteiger partial charge in [0.2, 0.25) is 0 Å². The van der Waals surface area contributed by atoms with Crippen molar-refractivity contribution in [3.63, 3.8) is 0 Å². The standard InChI is InChI=1S/C30H28FN3O5S/c1-5-14-39-19-12-13-20(21(31)15-19)27-28-23(16-30(3,4)17-40(28,37)38)33-26-24(10-7-11-25(26)35)34(27)29(36)22-9-6-8-18(2)32-22/h1,6-13,15,27,33,35H,14,16-17H2,2-4H3. The normalized spacial score (nSPS) is 19.0. The number of sulfone groups is 1. The number of halogens is 1. The van der Waals surface area contributed by atoms with E-state index in [0.717, 1.165) is 6.07 Å². The van der Waals surface area contributed by atoms with Gasteiger partial charge in [-0.3, -0.25) is 9.69 Å². The third kappa shape index (κ3) is 4.89. The number of hydrogen-bond donors (Lipinski definition) is 2. The summed E-state index contributed by atoms with van der Waals surface area (Å²) in [6.07, 6.45) is 5.54. The Labute approximate surface area is 232 Å². The van der Waals surface area contributed by atoms with Crippen LogP contribution in [0.15, 0.2) is 65.2 Å². The molecular weight excluding hydrogens is 533 g/mol. The van der Waals surface area contributed by atoms with Gasteiger partial charge in [0.1, 0.15) is 41.3 Å². The van der Waals surface area contributed by atoms with Crippen LogP contribution in [0.25, 0.3) is 0 Å². The lowest BCUT2D eigenvalue weighted by atomic mass is 9.88. The monoisotopic (exact) mass is 561 g/mol. The second-order valence-corrected chi connectivity index (χ2v) is 12.6. The van der Waals surface area contributed by atoms with Gasteiger partial charge in [-0.15, -0.1) is 6.42 Å². The predicted octanol–water partition coefficient (Wildman–Crippen LogP) is 5.12. The van der Waals surface area contributed by atoms with Gasteiger partial charge in [-0.2, -0.15) is 0 Å². The number of carbonyl (C=O) groups is 1. The van der Waals surface area contributed by atoms with E-state index in [0.29, 0.717) is 5.69 Å². The summed E-state index contributed by atoms with van der Waals surface area (Å²) in [7, 11) is -4.04. The van der Waals surface area contributed by atoms with Crippen LogP contribution in [0.2, 0.25) is 0 Å². The van der Waals surface area contributed by atoms with Crippen molar-refractivity contribution in [2.45, 2.75) is 33.2 Å². The molecule has 1 unspecified atom stereocenters. The number of nitrogens with zero attached hydrogens (tertiary/aromatic N) is 2. The van der Waals surface area contributed by atoms with Crippen LogP contribution in [0.3, 0.4) is 0 Å². The molecule has 2 aliphatic rings. The molecule has 0 spiro atoms. The molecule has 0 saturated carbocycles. The lowest BCUT2D eigenvalue weighted by Gasteiger charge is -2.37. The molecule has 0 radical (unpaired) electrons. The highest BCUT2D eigenvalue weighted by Gasteiger charge is 2.48. The van der Waals surface area contributed by atoms with Crippen LogP contribution in [-0.2, 0) is 9.84 Å². The molecule has 3 heterocycles. The molecule has 1 atom stereocenters. The van der Waals surface area contributed by atoms with Crippen molar-refractivity contribution in [3.8, 4) is 23.8 Å². The van der Waals surface area contributed by atoms with Gasteiger partial charge in [-0.25, -0.2) is 17.8 Å². The summed E-state index contributed by atoms with van der Waals surface area (Å²) in [4.78, 5) is 19.7. The summed E-state index contributed by atoms with van der Waals surface area (Å²) in [5.74, 6) is 0.613. The number of carbonyl (C=O) groups excluding carboxylic acids is 1. The zero-order valence-electron chi connectivity index (χ0n) is 22.2. The van der Waals surface area contributed by atoms with E-state index in [-0.39, 0.29) is 63.5 Å². The first-order valence-electron chi connectivity index (χ1n) is 12.6. The SMILES string of the molecule is C#CCOc1ccc(C2C3=C(CC(C)(C)CS3(=O)=O)Nc3c(O)cccc3N2C(=O)c2cccc(C)n2)c(F)c1. The summed E-state index contributed by atoms with van der Waals surface area (Å²) < 4.78 is 49.3. The fraction of sp³-hybridized carbons (Fsp3) is 0.267. The van der Waals surface area contributed by atoms with Gasteiger partial charge in [-0.05, 0) is 55.2 Å². The number of anilines is 2. The first-order chi connectivity index (χ1) is 18.9. The Morgan fingerprint density at radius 3 is 2.70 bits per heavy atom. The summed E-state index contributed by atoms with van der Waals surface area (Å²) >= 11 is 0. The topological polar surface area (TPSA) is 109 Å². The van der Waals surface area contributed by atoms with Crippen LogP contribution in [0, 0.1) is 30.5 Å². The molecule has 5 rings (SSSR count). The molecule has 0 fully saturated rings. The summed E-state index contributed by atoms with van der Waals surface area (Å²) in [5.41, 5.74) is 0.466. The van der Waals surface area contributed by atoms with Crippen LogP contribution >= 0.6 is 0 Å². The van der Waals surface area contributed by atoms with Gasteiger partial charge in [-0.1, -0.05) is 31.9 Å². The molecule has 2 aliphatic heterocycles. The van der Waals surface area contributed by atoms with Gasteiger partial charge < -0.3 is 15.2 Å². The van der Waals surface area contributed by atoms with Crippen molar-refractivity contribution in [2.24, 2.45) is 5.41 Å². The van der Waals surface area contributed by atoms with Crippen molar-refractivity contribution < 1.29 is 27.4 Å². The number of benzene rings is 2. The summed E-state index contributed by atoms with van der Waals surface area (Å²) in [5, 5.41) is 14.0. The maximum atomic E-state index is 15.9. The molecule has 0 bridgehead atoms. The fourth-order valence-electron chi connectivity index (χ4n) is 5.34. The molecule has 2 aromatic carbocycles. The smallest absolute Gasteiger partial charge is 0.277 e. The van der Waals surface area contributed by atoms with E-state index < -0.39 is 33.0 Å². The van der Waals surface area contributed by atoms with Gasteiger partial charge in [0.05, 0.1) is 16.3 Å². The molecule has 0 aliphatic carbocycles. The fourth-order valence-corrected chi connectivity index (χ4v) is 7.70. The van der Waals surface area contributed by atoms with Gasteiger partial charge in [0.15, 0.2) is 9.84 Å². The Balaban J connectivity index is 1.84. The van der Waals surface area contributed by atoms with Gasteiger partial charge in [0.25, 0.3) is 5.91 Å². The number of amides is 1. The molecule has 8 nitrogen and oxygen atoms in total.